The molecule has 3 rings (SSSR count). The van der Waals surface area contributed by atoms with E-state index in [0.717, 1.165) is 31.8 Å². The molecule has 0 aromatic heterocycles. The molecule has 0 spiro atoms. The van der Waals surface area contributed by atoms with Gasteiger partial charge in [0.05, 0.1) is 7.11 Å². The number of hydrogen-bond acceptors (Lipinski definition) is 2. The van der Waals surface area contributed by atoms with E-state index in [1.165, 1.54) is 11.1 Å². The summed E-state index contributed by atoms with van der Waals surface area (Å²) >= 11 is 0. The van der Waals surface area contributed by atoms with Gasteiger partial charge in [-0.15, -0.1) is 0 Å². The first-order chi connectivity index (χ1) is 10.2. The van der Waals surface area contributed by atoms with Crippen LogP contribution in [0.15, 0.2) is 54.6 Å². The Morgan fingerprint density at radius 1 is 1.05 bits per heavy atom. The Morgan fingerprint density at radius 3 is 2.52 bits per heavy atom. The van der Waals surface area contributed by atoms with Gasteiger partial charge in [0.15, 0.2) is 0 Å². The molecule has 1 fully saturated rings. The predicted molar refractivity (Wildman–Crippen MR) is 86.9 cm³/mol. The second-order valence-electron chi connectivity index (χ2n) is 6.24. The van der Waals surface area contributed by atoms with Crippen LogP contribution in [0.3, 0.4) is 0 Å². The van der Waals surface area contributed by atoms with Crippen LogP contribution in [0.2, 0.25) is 0 Å². The Bertz CT molecular complexity index is 588. The van der Waals surface area contributed by atoms with Gasteiger partial charge in [-0.2, -0.15) is 0 Å². The minimum Gasteiger partial charge on any atom is -0.497 e. The van der Waals surface area contributed by atoms with Crippen molar-refractivity contribution in [3.63, 3.8) is 0 Å². The summed E-state index contributed by atoms with van der Waals surface area (Å²) in [5.41, 5.74) is 3.08. The summed E-state index contributed by atoms with van der Waals surface area (Å²) in [6.07, 6.45) is 1.13. The van der Waals surface area contributed by atoms with Crippen molar-refractivity contribution < 1.29 is 4.74 Å². The molecular formula is C19H23NO. The van der Waals surface area contributed by atoms with Crippen LogP contribution < -0.4 is 4.74 Å². The number of nitrogens with zero attached hydrogens (tertiary/aromatic N) is 1. The Labute approximate surface area is 127 Å². The van der Waals surface area contributed by atoms with E-state index in [1.54, 1.807) is 7.11 Å². The van der Waals surface area contributed by atoms with Gasteiger partial charge in [-0.05, 0) is 29.7 Å². The van der Waals surface area contributed by atoms with Crippen molar-refractivity contribution in [3.8, 4) is 5.75 Å². The third-order valence-corrected chi connectivity index (χ3v) is 4.47. The summed E-state index contributed by atoms with van der Waals surface area (Å²) in [5, 5.41) is 0. The van der Waals surface area contributed by atoms with Crippen LogP contribution >= 0.6 is 0 Å². The second kappa shape index (κ2) is 5.90. The number of methoxy groups -OCH3 is 1. The molecule has 0 atom stereocenters. The zero-order chi connectivity index (χ0) is 14.7. The van der Waals surface area contributed by atoms with Gasteiger partial charge in [0.25, 0.3) is 0 Å². The summed E-state index contributed by atoms with van der Waals surface area (Å²) in [7, 11) is 1.73. The smallest absolute Gasteiger partial charge is 0.119 e. The molecular weight excluding hydrogens is 258 g/mol. The first kappa shape index (κ1) is 14.2. The molecule has 0 saturated carbocycles. The maximum atomic E-state index is 5.34. The molecule has 1 saturated heterocycles. The lowest BCUT2D eigenvalue weighted by molar-refractivity contribution is 0.0794. The van der Waals surface area contributed by atoms with Crippen molar-refractivity contribution in [1.29, 1.82) is 0 Å². The average Bonchev–Trinajstić information content (AvgIpc) is 2.51. The Morgan fingerprint density at radius 2 is 1.81 bits per heavy atom. The van der Waals surface area contributed by atoms with E-state index in [9.17, 15) is 0 Å². The highest BCUT2D eigenvalue weighted by molar-refractivity contribution is 5.36. The van der Waals surface area contributed by atoms with E-state index < -0.39 is 0 Å². The highest BCUT2D eigenvalue weighted by Gasteiger charge is 2.39. The van der Waals surface area contributed by atoms with Crippen LogP contribution in [0, 0.1) is 0 Å². The van der Waals surface area contributed by atoms with Crippen molar-refractivity contribution >= 4 is 0 Å². The number of rotatable bonds is 5. The highest BCUT2D eigenvalue weighted by atomic mass is 16.5. The van der Waals surface area contributed by atoms with Crippen LogP contribution in [0.1, 0.15) is 18.1 Å². The van der Waals surface area contributed by atoms with Crippen LogP contribution in [-0.2, 0) is 11.8 Å². The summed E-state index contributed by atoms with van der Waals surface area (Å²) < 4.78 is 5.34. The van der Waals surface area contributed by atoms with Gasteiger partial charge in [0.2, 0.25) is 0 Å². The molecule has 0 bridgehead atoms. The fraction of sp³-hybridized carbons (Fsp3) is 0.368. The SMILES string of the molecule is COc1cccc(C2(C)CN(CCc3ccccc3)C2)c1. The lowest BCUT2D eigenvalue weighted by Crippen LogP contribution is -2.57. The largest absolute Gasteiger partial charge is 0.497 e. The zero-order valence-electron chi connectivity index (χ0n) is 12.9. The summed E-state index contributed by atoms with van der Waals surface area (Å²) in [4.78, 5) is 2.53. The summed E-state index contributed by atoms with van der Waals surface area (Å²) in [5.74, 6) is 0.955. The van der Waals surface area contributed by atoms with E-state index in [2.05, 4.69) is 60.4 Å². The van der Waals surface area contributed by atoms with Crippen LogP contribution in [0.4, 0.5) is 0 Å². The second-order valence-corrected chi connectivity index (χ2v) is 6.24. The molecule has 2 aromatic rings. The fourth-order valence-corrected chi connectivity index (χ4v) is 3.21. The van der Waals surface area contributed by atoms with Gasteiger partial charge in [-0.25, -0.2) is 0 Å². The van der Waals surface area contributed by atoms with Crippen LogP contribution in [0.25, 0.3) is 0 Å². The Hall–Kier alpha value is -1.80. The van der Waals surface area contributed by atoms with E-state index in [-0.39, 0.29) is 5.41 Å². The molecule has 0 unspecified atom stereocenters. The quantitative estimate of drug-likeness (QED) is 0.831. The minimum absolute atomic E-state index is 0.269. The third-order valence-electron chi connectivity index (χ3n) is 4.47. The summed E-state index contributed by atoms with van der Waals surface area (Å²) in [6.45, 7) is 5.75. The topological polar surface area (TPSA) is 12.5 Å². The number of ether oxygens (including phenoxy) is 1. The molecule has 2 aromatic carbocycles. The van der Waals surface area contributed by atoms with Crippen molar-refractivity contribution in [2.75, 3.05) is 26.7 Å². The lowest BCUT2D eigenvalue weighted by Gasteiger charge is -2.48. The molecule has 110 valence electrons. The third kappa shape index (κ3) is 3.11. The van der Waals surface area contributed by atoms with Crippen molar-refractivity contribution in [2.45, 2.75) is 18.8 Å². The number of likely N-dealkylation sites (tertiary alicyclic amines) is 1. The average molecular weight is 281 g/mol. The first-order valence-electron chi connectivity index (χ1n) is 7.60. The van der Waals surface area contributed by atoms with E-state index in [1.807, 2.05) is 6.07 Å². The number of benzene rings is 2. The van der Waals surface area contributed by atoms with Gasteiger partial charge in [-0.1, -0.05) is 49.4 Å². The molecule has 0 amide bonds. The Kier molecular flexibility index (Phi) is 3.98. The van der Waals surface area contributed by atoms with Crippen molar-refractivity contribution in [3.05, 3.63) is 65.7 Å². The van der Waals surface area contributed by atoms with Gasteiger partial charge in [0.1, 0.15) is 5.75 Å². The van der Waals surface area contributed by atoms with E-state index in [0.29, 0.717) is 0 Å². The minimum atomic E-state index is 0.269. The molecule has 0 radical (unpaired) electrons. The molecule has 0 aliphatic carbocycles. The molecule has 1 aliphatic heterocycles. The normalized spacial score (nSPS) is 17.2. The molecule has 21 heavy (non-hydrogen) atoms. The molecule has 2 heteroatoms. The van der Waals surface area contributed by atoms with Crippen LogP contribution in [-0.4, -0.2) is 31.6 Å². The molecule has 1 heterocycles. The monoisotopic (exact) mass is 281 g/mol. The predicted octanol–water partition coefficient (Wildman–Crippen LogP) is 3.51. The Balaban J connectivity index is 1.56. The van der Waals surface area contributed by atoms with E-state index >= 15 is 0 Å². The molecule has 2 nitrogen and oxygen atoms in total. The molecule has 0 N–H and O–H groups in total. The summed E-state index contributed by atoms with van der Waals surface area (Å²) in [6, 6.07) is 19.2. The first-order valence-corrected chi connectivity index (χ1v) is 7.60. The van der Waals surface area contributed by atoms with Gasteiger partial charge >= 0.3 is 0 Å². The van der Waals surface area contributed by atoms with Gasteiger partial charge in [0, 0.05) is 25.0 Å². The highest BCUT2D eigenvalue weighted by Crippen LogP contribution is 2.35. The standard InChI is InChI=1S/C19H23NO/c1-19(17-9-6-10-18(13-17)21-2)14-20(15-19)12-11-16-7-4-3-5-8-16/h3-10,13H,11-12,14-15H2,1-2H3. The van der Waals surface area contributed by atoms with Crippen molar-refractivity contribution in [1.82, 2.24) is 4.90 Å². The van der Waals surface area contributed by atoms with E-state index in [4.69, 9.17) is 4.74 Å². The number of hydrogen-bond donors (Lipinski definition) is 0. The van der Waals surface area contributed by atoms with Gasteiger partial charge in [-0.3, -0.25) is 0 Å². The zero-order valence-corrected chi connectivity index (χ0v) is 12.9. The van der Waals surface area contributed by atoms with Gasteiger partial charge < -0.3 is 9.64 Å². The van der Waals surface area contributed by atoms with Crippen LogP contribution in [0.5, 0.6) is 5.75 Å². The van der Waals surface area contributed by atoms with Crippen molar-refractivity contribution in [2.24, 2.45) is 0 Å². The maximum absolute atomic E-state index is 5.34. The molecule has 1 aliphatic rings. The lowest BCUT2D eigenvalue weighted by atomic mass is 9.75. The maximum Gasteiger partial charge on any atom is 0.119 e. The fourth-order valence-electron chi connectivity index (χ4n) is 3.21.